The zero-order valence-corrected chi connectivity index (χ0v) is 15.4. The van der Waals surface area contributed by atoms with Crippen molar-refractivity contribution in [1.29, 1.82) is 0 Å². The molecular formula is C17H22N8O2. The van der Waals surface area contributed by atoms with Gasteiger partial charge in [0.1, 0.15) is 5.82 Å². The lowest BCUT2D eigenvalue weighted by Gasteiger charge is -2.29. The molecule has 2 aromatic heterocycles. The number of aromatic nitrogens is 6. The number of hydrogen-bond donors (Lipinski definition) is 1. The van der Waals surface area contributed by atoms with Crippen molar-refractivity contribution in [3.05, 3.63) is 24.0 Å². The van der Waals surface area contributed by atoms with Crippen molar-refractivity contribution in [3.63, 3.8) is 0 Å². The number of ether oxygens (including phenoxy) is 1. The van der Waals surface area contributed by atoms with Gasteiger partial charge in [-0.15, -0.1) is 5.10 Å². The molecule has 1 N–H and O–H groups in total. The summed E-state index contributed by atoms with van der Waals surface area (Å²) in [6.45, 7) is 5.26. The number of amides is 1. The summed E-state index contributed by atoms with van der Waals surface area (Å²) in [5, 5.41) is 19.7. The minimum Gasteiger partial charge on any atom is -0.378 e. The predicted molar refractivity (Wildman–Crippen MR) is 99.5 cm³/mol. The SMILES string of the molecule is Cc1nnnn1CCC(=O)Nc1nn(C)c2cccc(N3CCOCC3)c12. The van der Waals surface area contributed by atoms with Crippen LogP contribution in [0.2, 0.25) is 0 Å². The number of tetrazole rings is 1. The van der Waals surface area contributed by atoms with E-state index in [0.717, 1.165) is 29.7 Å². The molecule has 0 aliphatic carbocycles. The molecular weight excluding hydrogens is 348 g/mol. The molecule has 0 spiro atoms. The van der Waals surface area contributed by atoms with Crippen molar-refractivity contribution in [2.75, 3.05) is 36.5 Å². The number of carbonyl (C=O) groups is 1. The third kappa shape index (κ3) is 3.47. The van der Waals surface area contributed by atoms with Crippen LogP contribution in [-0.2, 0) is 23.1 Å². The molecule has 0 atom stereocenters. The van der Waals surface area contributed by atoms with E-state index in [2.05, 4.69) is 36.9 Å². The Labute approximate surface area is 156 Å². The molecule has 1 fully saturated rings. The third-order valence-corrected chi connectivity index (χ3v) is 4.73. The monoisotopic (exact) mass is 370 g/mol. The van der Waals surface area contributed by atoms with E-state index in [1.807, 2.05) is 19.2 Å². The lowest BCUT2D eigenvalue weighted by molar-refractivity contribution is -0.116. The van der Waals surface area contributed by atoms with Crippen molar-refractivity contribution in [2.24, 2.45) is 7.05 Å². The van der Waals surface area contributed by atoms with Crippen molar-refractivity contribution in [2.45, 2.75) is 19.9 Å². The Morgan fingerprint density at radius 1 is 1.30 bits per heavy atom. The Morgan fingerprint density at radius 2 is 2.11 bits per heavy atom. The van der Waals surface area contributed by atoms with Gasteiger partial charge in [0.2, 0.25) is 5.91 Å². The fraction of sp³-hybridized carbons (Fsp3) is 0.471. The molecule has 1 aliphatic rings. The highest BCUT2D eigenvalue weighted by Crippen LogP contribution is 2.33. The van der Waals surface area contributed by atoms with Crippen LogP contribution in [0, 0.1) is 6.92 Å². The number of nitrogens with one attached hydrogen (secondary N) is 1. The Kier molecular flexibility index (Phi) is 4.71. The van der Waals surface area contributed by atoms with Crippen molar-refractivity contribution in [1.82, 2.24) is 30.0 Å². The summed E-state index contributed by atoms with van der Waals surface area (Å²) in [6.07, 6.45) is 0.268. The van der Waals surface area contributed by atoms with Gasteiger partial charge in [-0.25, -0.2) is 4.68 Å². The number of hydrogen-bond acceptors (Lipinski definition) is 7. The summed E-state index contributed by atoms with van der Waals surface area (Å²) in [4.78, 5) is 14.8. The van der Waals surface area contributed by atoms with Gasteiger partial charge in [0.05, 0.1) is 36.3 Å². The van der Waals surface area contributed by atoms with Gasteiger partial charge in [0.15, 0.2) is 5.82 Å². The predicted octanol–water partition coefficient (Wildman–Crippen LogP) is 0.734. The molecule has 0 radical (unpaired) electrons. The number of nitrogens with zero attached hydrogens (tertiary/aromatic N) is 7. The van der Waals surface area contributed by atoms with Gasteiger partial charge in [-0.1, -0.05) is 6.07 Å². The lowest BCUT2D eigenvalue weighted by atomic mass is 10.1. The topological polar surface area (TPSA) is 103 Å². The number of benzene rings is 1. The van der Waals surface area contributed by atoms with E-state index in [1.165, 1.54) is 0 Å². The zero-order chi connectivity index (χ0) is 18.8. The van der Waals surface area contributed by atoms with Crippen molar-refractivity contribution >= 4 is 28.3 Å². The van der Waals surface area contributed by atoms with Crippen LogP contribution in [0.3, 0.4) is 0 Å². The molecule has 1 aliphatic heterocycles. The fourth-order valence-electron chi connectivity index (χ4n) is 3.31. The summed E-state index contributed by atoms with van der Waals surface area (Å²) in [7, 11) is 1.88. The van der Waals surface area contributed by atoms with Gasteiger partial charge in [0, 0.05) is 26.6 Å². The molecule has 1 aromatic carbocycles. The van der Waals surface area contributed by atoms with Crippen molar-refractivity contribution in [3.8, 4) is 0 Å². The fourth-order valence-corrected chi connectivity index (χ4v) is 3.31. The Balaban J connectivity index is 1.57. The smallest absolute Gasteiger partial charge is 0.227 e. The van der Waals surface area contributed by atoms with E-state index in [-0.39, 0.29) is 12.3 Å². The van der Waals surface area contributed by atoms with E-state index in [9.17, 15) is 4.79 Å². The first-order chi connectivity index (χ1) is 13.1. The standard InChI is InChI=1S/C17H22N8O2/c1-12-19-21-22-25(12)7-6-15(26)18-17-16-13(23(2)20-17)4-3-5-14(16)24-8-10-27-11-9-24/h3-5H,6-11H2,1-2H3,(H,18,20,26). The summed E-state index contributed by atoms with van der Waals surface area (Å²) < 4.78 is 8.86. The van der Waals surface area contributed by atoms with Crippen LogP contribution in [0.5, 0.6) is 0 Å². The normalized spacial score (nSPS) is 14.7. The van der Waals surface area contributed by atoms with E-state index >= 15 is 0 Å². The van der Waals surface area contributed by atoms with Gasteiger partial charge in [0.25, 0.3) is 0 Å². The number of anilines is 2. The number of fused-ring (bicyclic) bond motifs is 1. The molecule has 3 heterocycles. The van der Waals surface area contributed by atoms with E-state index < -0.39 is 0 Å². The summed E-state index contributed by atoms with van der Waals surface area (Å²) in [5.41, 5.74) is 2.04. The average molecular weight is 370 g/mol. The molecule has 27 heavy (non-hydrogen) atoms. The minimum absolute atomic E-state index is 0.123. The van der Waals surface area contributed by atoms with Crippen LogP contribution >= 0.6 is 0 Å². The molecule has 10 heteroatoms. The largest absolute Gasteiger partial charge is 0.378 e. The van der Waals surface area contributed by atoms with Gasteiger partial charge >= 0.3 is 0 Å². The van der Waals surface area contributed by atoms with Gasteiger partial charge < -0.3 is 15.0 Å². The quantitative estimate of drug-likeness (QED) is 0.706. The lowest BCUT2D eigenvalue weighted by Crippen LogP contribution is -2.36. The van der Waals surface area contributed by atoms with Crippen LogP contribution in [0.15, 0.2) is 18.2 Å². The van der Waals surface area contributed by atoms with Crippen LogP contribution in [0.4, 0.5) is 11.5 Å². The average Bonchev–Trinajstić information content (AvgIpc) is 3.24. The maximum Gasteiger partial charge on any atom is 0.227 e. The summed E-state index contributed by atoms with van der Waals surface area (Å²) >= 11 is 0. The molecule has 10 nitrogen and oxygen atoms in total. The summed E-state index contributed by atoms with van der Waals surface area (Å²) in [6, 6.07) is 6.09. The molecule has 3 aromatic rings. The first-order valence-electron chi connectivity index (χ1n) is 8.94. The number of morpholine rings is 1. The summed E-state index contributed by atoms with van der Waals surface area (Å²) in [5.74, 6) is 1.13. The Morgan fingerprint density at radius 3 is 2.85 bits per heavy atom. The van der Waals surface area contributed by atoms with Crippen LogP contribution in [0.25, 0.3) is 10.9 Å². The number of aryl methyl sites for hydroxylation is 3. The van der Waals surface area contributed by atoms with E-state index in [4.69, 9.17) is 4.74 Å². The highest BCUT2D eigenvalue weighted by atomic mass is 16.5. The van der Waals surface area contributed by atoms with E-state index in [1.54, 1.807) is 16.3 Å². The molecule has 142 valence electrons. The van der Waals surface area contributed by atoms with Gasteiger partial charge in [-0.2, -0.15) is 5.10 Å². The second kappa shape index (κ2) is 7.31. The Hall–Kier alpha value is -3.01. The molecule has 0 saturated carbocycles. The minimum atomic E-state index is -0.123. The van der Waals surface area contributed by atoms with Gasteiger partial charge in [-0.05, 0) is 29.5 Å². The third-order valence-electron chi connectivity index (χ3n) is 4.73. The highest BCUT2D eigenvalue weighted by molar-refractivity contribution is 6.06. The first-order valence-corrected chi connectivity index (χ1v) is 8.94. The molecule has 1 saturated heterocycles. The highest BCUT2D eigenvalue weighted by Gasteiger charge is 2.20. The molecule has 4 rings (SSSR count). The Bertz CT molecular complexity index is 957. The molecule has 0 unspecified atom stereocenters. The van der Waals surface area contributed by atoms with Crippen LogP contribution < -0.4 is 10.2 Å². The number of carbonyl (C=O) groups excluding carboxylic acids is 1. The maximum atomic E-state index is 12.5. The van der Waals surface area contributed by atoms with Crippen LogP contribution in [-0.4, -0.2) is 62.2 Å². The molecule has 1 amide bonds. The number of rotatable bonds is 5. The van der Waals surface area contributed by atoms with Crippen LogP contribution in [0.1, 0.15) is 12.2 Å². The van der Waals surface area contributed by atoms with Gasteiger partial charge in [-0.3, -0.25) is 9.48 Å². The zero-order valence-electron chi connectivity index (χ0n) is 15.4. The molecule has 0 bridgehead atoms. The second-order valence-electron chi connectivity index (χ2n) is 6.49. The second-order valence-corrected chi connectivity index (χ2v) is 6.49. The maximum absolute atomic E-state index is 12.5. The van der Waals surface area contributed by atoms with Crippen molar-refractivity contribution < 1.29 is 9.53 Å². The van der Waals surface area contributed by atoms with E-state index in [0.29, 0.717) is 31.4 Å². The first kappa shape index (κ1) is 17.4.